The highest BCUT2D eigenvalue weighted by molar-refractivity contribution is 5.70. The van der Waals surface area contributed by atoms with E-state index < -0.39 is 41.0 Å². The van der Waals surface area contributed by atoms with Gasteiger partial charge >= 0.3 is 6.09 Å². The molecule has 1 atom stereocenters. The van der Waals surface area contributed by atoms with Crippen LogP contribution in [0, 0.1) is 28.7 Å². The zero-order valence-electron chi connectivity index (χ0n) is 25.7. The molecule has 0 bridgehead atoms. The lowest BCUT2D eigenvalue weighted by Gasteiger charge is -2.49. The summed E-state index contributed by atoms with van der Waals surface area (Å²) in [6, 6.07) is 5.44. The van der Waals surface area contributed by atoms with Crippen molar-refractivity contribution in [3.8, 4) is 11.5 Å². The van der Waals surface area contributed by atoms with Crippen molar-refractivity contribution in [2.75, 3.05) is 32.1 Å². The van der Waals surface area contributed by atoms with E-state index in [4.69, 9.17) is 14.2 Å². The lowest BCUT2D eigenvalue weighted by molar-refractivity contribution is -0.0158. The van der Waals surface area contributed by atoms with Gasteiger partial charge in [-0.1, -0.05) is 6.07 Å². The Hall–Kier alpha value is -4.13. The molecule has 0 aliphatic carbocycles. The van der Waals surface area contributed by atoms with Crippen LogP contribution in [-0.2, 0) is 11.3 Å². The Morgan fingerprint density at radius 3 is 2.33 bits per heavy atom. The maximum absolute atomic E-state index is 13.9. The average Bonchev–Trinajstić information content (AvgIpc) is 3.00. The normalized spacial score (nSPS) is 18.0. The standard InChI is InChI=1S/C32H37F4N5O4/c1-31(2,3)45-30(42)41-12-9-32(7-10-37-11-8-32)15-25(41)21-6-5-19(13-26(21)43-4)40-29-38-16-20(17-39-29)44-18-22-27(35)23(33)14-24(34)28(22)36/h5-6,13-14,16-17,25,37H,7-12,15,18H2,1-4H3,(H,38,39,40). The molecule has 2 aliphatic rings. The molecule has 2 aromatic carbocycles. The number of ether oxygens (including phenoxy) is 3. The molecule has 2 aliphatic heterocycles. The number of benzene rings is 2. The fraction of sp³-hybridized carbons (Fsp3) is 0.469. The number of rotatable bonds is 7. The van der Waals surface area contributed by atoms with Gasteiger partial charge in [0.15, 0.2) is 29.0 Å². The quantitative estimate of drug-likeness (QED) is 0.217. The highest BCUT2D eigenvalue weighted by Crippen LogP contribution is 2.49. The first-order chi connectivity index (χ1) is 21.4. The molecule has 2 fully saturated rings. The molecule has 1 aromatic heterocycles. The van der Waals surface area contributed by atoms with E-state index in [1.807, 2.05) is 32.9 Å². The van der Waals surface area contributed by atoms with Crippen LogP contribution in [-0.4, -0.2) is 53.3 Å². The number of carbonyl (C=O) groups excluding carboxylic acids is 1. The van der Waals surface area contributed by atoms with Crippen molar-refractivity contribution in [1.82, 2.24) is 20.2 Å². The maximum atomic E-state index is 13.9. The molecule has 1 unspecified atom stereocenters. The monoisotopic (exact) mass is 631 g/mol. The Balaban J connectivity index is 1.32. The van der Waals surface area contributed by atoms with E-state index in [9.17, 15) is 22.4 Å². The van der Waals surface area contributed by atoms with Crippen LogP contribution in [0.25, 0.3) is 0 Å². The smallest absolute Gasteiger partial charge is 0.410 e. The fourth-order valence-corrected chi connectivity index (χ4v) is 5.92. The summed E-state index contributed by atoms with van der Waals surface area (Å²) >= 11 is 0. The average molecular weight is 632 g/mol. The van der Waals surface area contributed by atoms with E-state index in [1.54, 1.807) is 18.1 Å². The molecule has 2 N–H and O–H groups in total. The SMILES string of the molecule is COc1cc(Nc2ncc(OCc3c(F)c(F)cc(F)c3F)cn2)ccc1C1CC2(CCNCC2)CCN1C(=O)OC(C)(C)C. The predicted octanol–water partition coefficient (Wildman–Crippen LogP) is 6.81. The zero-order valence-corrected chi connectivity index (χ0v) is 25.7. The van der Waals surface area contributed by atoms with Gasteiger partial charge in [0.25, 0.3) is 0 Å². The minimum absolute atomic E-state index is 0.0309. The van der Waals surface area contributed by atoms with Crippen molar-refractivity contribution in [3.63, 3.8) is 0 Å². The number of piperidine rings is 2. The van der Waals surface area contributed by atoms with Crippen molar-refractivity contribution in [2.45, 2.75) is 64.7 Å². The van der Waals surface area contributed by atoms with Crippen LogP contribution in [0.2, 0.25) is 0 Å². The first kappa shape index (κ1) is 32.3. The number of hydrogen-bond donors (Lipinski definition) is 2. The van der Waals surface area contributed by atoms with Gasteiger partial charge < -0.3 is 29.7 Å². The minimum atomic E-state index is -1.53. The number of halogens is 4. The third kappa shape index (κ3) is 7.41. The molecule has 3 aromatic rings. The lowest BCUT2D eigenvalue weighted by Crippen LogP contribution is -2.49. The van der Waals surface area contributed by atoms with Gasteiger partial charge in [-0.15, -0.1) is 0 Å². The van der Waals surface area contributed by atoms with Crippen LogP contribution in [0.3, 0.4) is 0 Å². The number of likely N-dealkylation sites (tertiary alicyclic amines) is 1. The first-order valence-electron chi connectivity index (χ1n) is 14.8. The van der Waals surface area contributed by atoms with Crippen LogP contribution in [0.15, 0.2) is 36.7 Å². The van der Waals surface area contributed by atoms with Gasteiger partial charge in [0.05, 0.1) is 31.1 Å². The van der Waals surface area contributed by atoms with Crippen molar-refractivity contribution in [1.29, 1.82) is 0 Å². The summed E-state index contributed by atoms with van der Waals surface area (Å²) in [6.07, 6.45) is 5.92. The summed E-state index contributed by atoms with van der Waals surface area (Å²) in [5.74, 6) is -5.29. The molecule has 13 heteroatoms. The van der Waals surface area contributed by atoms with E-state index in [1.165, 1.54) is 12.4 Å². The number of hydrogen-bond acceptors (Lipinski definition) is 8. The van der Waals surface area contributed by atoms with Crippen LogP contribution < -0.4 is 20.1 Å². The first-order valence-corrected chi connectivity index (χ1v) is 14.8. The van der Waals surface area contributed by atoms with E-state index in [0.29, 0.717) is 18.0 Å². The van der Waals surface area contributed by atoms with Gasteiger partial charge in [-0.2, -0.15) is 0 Å². The highest BCUT2D eigenvalue weighted by atomic mass is 19.2. The number of aromatic nitrogens is 2. The van der Waals surface area contributed by atoms with Crippen molar-refractivity contribution >= 4 is 17.7 Å². The van der Waals surface area contributed by atoms with Crippen LogP contribution >= 0.6 is 0 Å². The second-order valence-corrected chi connectivity index (χ2v) is 12.5. The van der Waals surface area contributed by atoms with Crippen molar-refractivity contribution in [3.05, 3.63) is 71.1 Å². The Labute approximate surface area is 259 Å². The summed E-state index contributed by atoms with van der Waals surface area (Å²) < 4.78 is 71.7. The van der Waals surface area contributed by atoms with Gasteiger partial charge in [0.1, 0.15) is 18.0 Å². The molecule has 1 amide bonds. The van der Waals surface area contributed by atoms with Crippen LogP contribution in [0.5, 0.6) is 11.5 Å². The summed E-state index contributed by atoms with van der Waals surface area (Å²) in [5.41, 5.74) is 0.0859. The van der Waals surface area contributed by atoms with Crippen LogP contribution in [0.4, 0.5) is 34.0 Å². The minimum Gasteiger partial charge on any atom is -0.496 e. The lowest BCUT2D eigenvalue weighted by atomic mass is 9.68. The van der Waals surface area contributed by atoms with Crippen LogP contribution in [0.1, 0.15) is 63.6 Å². The number of nitrogens with zero attached hydrogens (tertiary/aromatic N) is 3. The van der Waals surface area contributed by atoms with E-state index in [-0.39, 0.29) is 35.3 Å². The van der Waals surface area contributed by atoms with Gasteiger partial charge in [-0.25, -0.2) is 32.3 Å². The Morgan fingerprint density at radius 1 is 1.04 bits per heavy atom. The third-order valence-corrected chi connectivity index (χ3v) is 8.24. The second-order valence-electron chi connectivity index (χ2n) is 12.5. The molecular formula is C32H37F4N5O4. The Morgan fingerprint density at radius 2 is 1.71 bits per heavy atom. The van der Waals surface area contributed by atoms with Crippen molar-refractivity contribution in [2.24, 2.45) is 5.41 Å². The molecule has 0 radical (unpaired) electrons. The van der Waals surface area contributed by atoms with Gasteiger partial charge in [0.2, 0.25) is 5.95 Å². The highest BCUT2D eigenvalue weighted by Gasteiger charge is 2.44. The Kier molecular flexibility index (Phi) is 9.38. The molecule has 1 spiro atoms. The summed E-state index contributed by atoms with van der Waals surface area (Å²) in [4.78, 5) is 23.5. The molecular weight excluding hydrogens is 594 g/mol. The van der Waals surface area contributed by atoms with Crippen molar-refractivity contribution < 1.29 is 36.6 Å². The molecule has 2 saturated heterocycles. The van der Waals surface area contributed by atoms with Gasteiger partial charge in [-0.3, -0.25) is 0 Å². The largest absolute Gasteiger partial charge is 0.496 e. The number of amides is 1. The summed E-state index contributed by atoms with van der Waals surface area (Å²) in [7, 11) is 1.57. The summed E-state index contributed by atoms with van der Waals surface area (Å²) in [5, 5.41) is 6.51. The number of anilines is 2. The van der Waals surface area contributed by atoms with Gasteiger partial charge in [0, 0.05) is 29.9 Å². The molecule has 9 nitrogen and oxygen atoms in total. The third-order valence-electron chi connectivity index (χ3n) is 8.24. The second kappa shape index (κ2) is 13.1. The zero-order chi connectivity index (χ0) is 32.4. The number of methoxy groups -OCH3 is 1. The molecule has 0 saturated carbocycles. The molecule has 45 heavy (non-hydrogen) atoms. The predicted molar refractivity (Wildman–Crippen MR) is 158 cm³/mol. The van der Waals surface area contributed by atoms with E-state index in [0.717, 1.165) is 44.3 Å². The van der Waals surface area contributed by atoms with E-state index >= 15 is 0 Å². The topological polar surface area (TPSA) is 97.8 Å². The number of nitrogens with one attached hydrogen (secondary N) is 2. The maximum Gasteiger partial charge on any atom is 0.410 e. The molecule has 3 heterocycles. The summed E-state index contributed by atoms with van der Waals surface area (Å²) in [6.45, 7) is 7.26. The number of carbonyl (C=O) groups is 1. The molecule has 242 valence electrons. The molecule has 5 rings (SSSR count). The Bertz CT molecular complexity index is 1500. The van der Waals surface area contributed by atoms with Gasteiger partial charge in [-0.05, 0) is 71.0 Å². The van der Waals surface area contributed by atoms with E-state index in [2.05, 4.69) is 20.6 Å². The fourth-order valence-electron chi connectivity index (χ4n) is 5.92.